The second kappa shape index (κ2) is 9.65. The highest BCUT2D eigenvalue weighted by Gasteiger charge is 2.18. The Morgan fingerprint density at radius 3 is 2.56 bits per heavy atom. The predicted molar refractivity (Wildman–Crippen MR) is 110 cm³/mol. The fourth-order valence-electron chi connectivity index (χ4n) is 2.53. The smallest absolute Gasteiger partial charge is 0.221 e. The van der Waals surface area contributed by atoms with Crippen LogP contribution in [0.4, 0.5) is 5.69 Å². The van der Waals surface area contributed by atoms with Crippen molar-refractivity contribution in [2.45, 2.75) is 19.6 Å². The summed E-state index contributed by atoms with van der Waals surface area (Å²) in [4.78, 5) is 15.2. The Kier molecular flexibility index (Phi) is 7.54. The zero-order chi connectivity index (χ0) is 18.5. The van der Waals surface area contributed by atoms with Gasteiger partial charge in [-0.1, -0.05) is 29.3 Å². The van der Waals surface area contributed by atoms with Gasteiger partial charge in [-0.15, -0.1) is 12.4 Å². The van der Waals surface area contributed by atoms with Crippen molar-refractivity contribution in [3.05, 3.63) is 76.8 Å². The van der Waals surface area contributed by atoms with Crippen molar-refractivity contribution in [2.75, 3.05) is 5.32 Å². The van der Waals surface area contributed by atoms with Crippen LogP contribution in [0.25, 0.3) is 0 Å². The third-order valence-corrected chi connectivity index (χ3v) is 4.26. The van der Waals surface area contributed by atoms with Crippen molar-refractivity contribution in [2.24, 2.45) is 0 Å². The number of halogens is 3. The molecule has 8 heteroatoms. The normalized spacial score (nSPS) is 11.4. The minimum atomic E-state index is -0.333. The van der Waals surface area contributed by atoms with Crippen LogP contribution in [0.5, 0.6) is 5.75 Å². The number of aromatic nitrogens is 2. The van der Waals surface area contributed by atoms with Gasteiger partial charge in [0.1, 0.15) is 11.9 Å². The van der Waals surface area contributed by atoms with Gasteiger partial charge in [-0.25, -0.2) is 4.98 Å². The molecule has 1 heterocycles. The number of benzene rings is 2. The molecule has 1 aromatic heterocycles. The van der Waals surface area contributed by atoms with Crippen LogP contribution < -0.4 is 10.1 Å². The summed E-state index contributed by atoms with van der Waals surface area (Å²) in [5.41, 5.74) is 1.54. The number of amides is 1. The van der Waals surface area contributed by atoms with Crippen LogP contribution in [0.15, 0.2) is 61.2 Å². The minimum absolute atomic E-state index is 0. The lowest BCUT2D eigenvalue weighted by Crippen LogP contribution is -2.15. The van der Waals surface area contributed by atoms with Crippen molar-refractivity contribution in [1.29, 1.82) is 0 Å². The van der Waals surface area contributed by atoms with E-state index in [-0.39, 0.29) is 24.4 Å². The van der Waals surface area contributed by atoms with E-state index in [4.69, 9.17) is 27.9 Å². The average molecular weight is 427 g/mol. The first kappa shape index (κ1) is 21.1. The van der Waals surface area contributed by atoms with E-state index < -0.39 is 0 Å². The van der Waals surface area contributed by atoms with E-state index in [1.54, 1.807) is 48.9 Å². The molecule has 1 atom stereocenters. The quantitative estimate of drug-likeness (QED) is 0.575. The van der Waals surface area contributed by atoms with Crippen LogP contribution in [0, 0.1) is 0 Å². The molecular formula is C19H18Cl3N3O2. The summed E-state index contributed by atoms with van der Waals surface area (Å²) in [6, 6.07) is 12.5. The highest BCUT2D eigenvalue weighted by molar-refractivity contribution is 6.35. The maximum Gasteiger partial charge on any atom is 0.221 e. The Morgan fingerprint density at radius 2 is 1.96 bits per heavy atom. The van der Waals surface area contributed by atoms with Gasteiger partial charge in [0.2, 0.25) is 5.91 Å². The molecule has 0 saturated heterocycles. The highest BCUT2D eigenvalue weighted by Crippen LogP contribution is 2.31. The first-order valence-corrected chi connectivity index (χ1v) is 8.72. The number of hydrogen-bond acceptors (Lipinski definition) is 3. The molecule has 0 aliphatic carbocycles. The predicted octanol–water partition coefficient (Wildman–Crippen LogP) is 5.39. The fraction of sp³-hybridized carbons (Fsp3) is 0.158. The monoisotopic (exact) mass is 425 g/mol. The SMILES string of the molecule is CC(=O)Nc1ccc(OC(Cn2ccnc2)c2ccc(Cl)cc2Cl)cc1.Cl. The first-order valence-electron chi connectivity index (χ1n) is 7.96. The Labute approximate surface area is 173 Å². The molecule has 27 heavy (non-hydrogen) atoms. The van der Waals surface area contributed by atoms with E-state index in [1.807, 2.05) is 16.8 Å². The minimum Gasteiger partial charge on any atom is -0.484 e. The summed E-state index contributed by atoms with van der Waals surface area (Å²) >= 11 is 12.4. The molecule has 142 valence electrons. The molecule has 0 fully saturated rings. The Hall–Kier alpha value is -2.21. The highest BCUT2D eigenvalue weighted by atomic mass is 35.5. The van der Waals surface area contributed by atoms with Crippen LogP contribution in [0.2, 0.25) is 10.0 Å². The van der Waals surface area contributed by atoms with Gasteiger partial charge in [0.15, 0.2) is 0 Å². The molecule has 2 aromatic carbocycles. The number of anilines is 1. The molecule has 0 spiro atoms. The van der Waals surface area contributed by atoms with E-state index in [9.17, 15) is 4.79 Å². The summed E-state index contributed by atoms with van der Waals surface area (Å²) in [6.45, 7) is 2.00. The lowest BCUT2D eigenvalue weighted by atomic mass is 10.1. The summed E-state index contributed by atoms with van der Waals surface area (Å²) in [6.07, 6.45) is 4.96. The second-order valence-electron chi connectivity index (χ2n) is 5.74. The van der Waals surface area contributed by atoms with E-state index in [0.717, 1.165) is 5.56 Å². The number of rotatable bonds is 6. The molecule has 3 rings (SSSR count). The topological polar surface area (TPSA) is 56.1 Å². The molecule has 0 radical (unpaired) electrons. The van der Waals surface area contributed by atoms with E-state index in [1.165, 1.54) is 6.92 Å². The van der Waals surface area contributed by atoms with E-state index in [0.29, 0.717) is 28.0 Å². The number of carbonyl (C=O) groups excluding carboxylic acids is 1. The van der Waals surface area contributed by atoms with Gasteiger partial charge >= 0.3 is 0 Å². The lowest BCUT2D eigenvalue weighted by molar-refractivity contribution is -0.114. The van der Waals surface area contributed by atoms with Crippen molar-refractivity contribution < 1.29 is 9.53 Å². The van der Waals surface area contributed by atoms with Crippen LogP contribution in [0.3, 0.4) is 0 Å². The third-order valence-electron chi connectivity index (χ3n) is 3.70. The molecule has 1 unspecified atom stereocenters. The number of imidazole rings is 1. The molecule has 5 nitrogen and oxygen atoms in total. The van der Waals surface area contributed by atoms with Crippen LogP contribution >= 0.6 is 35.6 Å². The summed E-state index contributed by atoms with van der Waals surface area (Å²) in [7, 11) is 0. The number of nitrogens with zero attached hydrogens (tertiary/aromatic N) is 2. The van der Waals surface area contributed by atoms with E-state index in [2.05, 4.69) is 10.3 Å². The van der Waals surface area contributed by atoms with Gasteiger partial charge in [-0.3, -0.25) is 4.79 Å². The van der Waals surface area contributed by atoms with Gasteiger partial charge in [-0.05, 0) is 36.4 Å². The fourth-order valence-corrected chi connectivity index (χ4v) is 3.06. The summed E-state index contributed by atoms with van der Waals surface area (Å²) in [5, 5.41) is 3.83. The average Bonchev–Trinajstić information content (AvgIpc) is 3.09. The number of nitrogens with one attached hydrogen (secondary N) is 1. The molecule has 1 N–H and O–H groups in total. The van der Waals surface area contributed by atoms with Gasteiger partial charge in [0, 0.05) is 40.6 Å². The Morgan fingerprint density at radius 1 is 1.22 bits per heavy atom. The summed E-state index contributed by atoms with van der Waals surface area (Å²) < 4.78 is 8.08. The van der Waals surface area contributed by atoms with Crippen LogP contribution in [0.1, 0.15) is 18.6 Å². The molecule has 0 aliphatic heterocycles. The maximum atomic E-state index is 11.1. The largest absolute Gasteiger partial charge is 0.484 e. The standard InChI is InChI=1S/C19H17Cl2N3O2.ClH/c1-13(25)23-15-3-5-16(6-4-15)26-19(11-24-9-8-22-12-24)17-7-2-14(20)10-18(17)21;/h2-10,12,19H,11H2,1H3,(H,23,25);1H. The van der Waals surface area contributed by atoms with Crippen LogP contribution in [-0.4, -0.2) is 15.5 Å². The molecule has 1 amide bonds. The third kappa shape index (κ3) is 5.89. The van der Waals surface area contributed by atoms with Gasteiger partial charge in [0.05, 0.1) is 12.9 Å². The number of carbonyl (C=O) groups is 1. The van der Waals surface area contributed by atoms with Crippen LogP contribution in [-0.2, 0) is 11.3 Å². The Balaban J connectivity index is 0.00000261. The molecule has 0 bridgehead atoms. The molecule has 0 saturated carbocycles. The molecule has 3 aromatic rings. The van der Waals surface area contributed by atoms with Crippen molar-refractivity contribution in [3.8, 4) is 5.75 Å². The van der Waals surface area contributed by atoms with Crippen molar-refractivity contribution in [1.82, 2.24) is 9.55 Å². The van der Waals surface area contributed by atoms with Crippen molar-refractivity contribution >= 4 is 47.2 Å². The first-order chi connectivity index (χ1) is 12.5. The number of ether oxygens (including phenoxy) is 1. The van der Waals surface area contributed by atoms with Gasteiger partial charge < -0.3 is 14.6 Å². The van der Waals surface area contributed by atoms with E-state index >= 15 is 0 Å². The van der Waals surface area contributed by atoms with Gasteiger partial charge in [0.25, 0.3) is 0 Å². The number of hydrogen-bond donors (Lipinski definition) is 1. The maximum absolute atomic E-state index is 11.1. The lowest BCUT2D eigenvalue weighted by Gasteiger charge is -2.21. The zero-order valence-corrected chi connectivity index (χ0v) is 16.8. The Bertz CT molecular complexity index is 884. The van der Waals surface area contributed by atoms with Gasteiger partial charge in [-0.2, -0.15) is 0 Å². The van der Waals surface area contributed by atoms with Crippen molar-refractivity contribution in [3.63, 3.8) is 0 Å². The molecule has 0 aliphatic rings. The second-order valence-corrected chi connectivity index (χ2v) is 6.58. The zero-order valence-electron chi connectivity index (χ0n) is 14.4. The summed E-state index contributed by atoms with van der Waals surface area (Å²) in [5.74, 6) is 0.542. The molecular weight excluding hydrogens is 409 g/mol.